The SMILES string of the molecule is C1CCCCC1.CCn1nccc1C(N)=O. The molecule has 1 aliphatic carbocycles. The van der Waals surface area contributed by atoms with E-state index in [1.165, 1.54) is 38.5 Å². The van der Waals surface area contributed by atoms with Gasteiger partial charge in [0.2, 0.25) is 0 Å². The van der Waals surface area contributed by atoms with Crippen molar-refractivity contribution in [2.75, 3.05) is 0 Å². The van der Waals surface area contributed by atoms with Crippen molar-refractivity contribution in [3.63, 3.8) is 0 Å². The van der Waals surface area contributed by atoms with Gasteiger partial charge in [0.25, 0.3) is 5.91 Å². The minimum Gasteiger partial charge on any atom is -0.364 e. The quantitative estimate of drug-likeness (QED) is 0.836. The summed E-state index contributed by atoms with van der Waals surface area (Å²) in [5, 5.41) is 3.87. The molecule has 90 valence electrons. The Kier molecular flexibility index (Phi) is 5.61. The molecule has 1 aliphatic rings. The first-order chi connectivity index (χ1) is 7.75. The topological polar surface area (TPSA) is 60.9 Å². The van der Waals surface area contributed by atoms with Crippen LogP contribution < -0.4 is 5.73 Å². The first-order valence-corrected chi connectivity index (χ1v) is 6.07. The number of hydrogen-bond donors (Lipinski definition) is 1. The third kappa shape index (κ3) is 4.04. The molecule has 0 aliphatic heterocycles. The summed E-state index contributed by atoms with van der Waals surface area (Å²) in [6.07, 6.45) is 10.6. The van der Waals surface area contributed by atoms with Crippen molar-refractivity contribution in [1.29, 1.82) is 0 Å². The summed E-state index contributed by atoms with van der Waals surface area (Å²) in [6, 6.07) is 1.60. The second-order valence-corrected chi connectivity index (χ2v) is 4.02. The highest BCUT2D eigenvalue weighted by Crippen LogP contribution is 2.15. The standard InChI is InChI=1S/C6H9N3O.C6H12/c1-2-9-5(6(7)10)3-4-8-9;1-2-4-6-5-3-1/h3-4H,2H2,1H3,(H2,7,10);1-6H2. The molecule has 1 aromatic heterocycles. The van der Waals surface area contributed by atoms with Crippen LogP contribution in [0.2, 0.25) is 0 Å². The fourth-order valence-corrected chi connectivity index (χ4v) is 1.85. The maximum Gasteiger partial charge on any atom is 0.266 e. The van der Waals surface area contributed by atoms with Crippen molar-refractivity contribution in [3.8, 4) is 0 Å². The van der Waals surface area contributed by atoms with Crippen molar-refractivity contribution in [2.45, 2.75) is 52.0 Å². The Bertz CT molecular complexity index is 304. The largest absolute Gasteiger partial charge is 0.364 e. The van der Waals surface area contributed by atoms with Crippen LogP contribution in [0, 0.1) is 0 Å². The molecular formula is C12H21N3O. The van der Waals surface area contributed by atoms with Crippen molar-refractivity contribution < 1.29 is 4.79 Å². The molecule has 2 rings (SSSR count). The van der Waals surface area contributed by atoms with Gasteiger partial charge in [-0.3, -0.25) is 9.48 Å². The van der Waals surface area contributed by atoms with E-state index in [0.717, 1.165) is 0 Å². The maximum atomic E-state index is 10.6. The molecule has 0 aromatic carbocycles. The Morgan fingerprint density at radius 1 is 1.31 bits per heavy atom. The van der Waals surface area contributed by atoms with E-state index < -0.39 is 5.91 Å². The van der Waals surface area contributed by atoms with Crippen molar-refractivity contribution in [3.05, 3.63) is 18.0 Å². The third-order valence-electron chi connectivity index (χ3n) is 2.77. The molecule has 1 saturated carbocycles. The lowest BCUT2D eigenvalue weighted by Gasteiger charge is -2.05. The predicted octanol–water partition coefficient (Wildman–Crippen LogP) is 2.34. The summed E-state index contributed by atoms with van der Waals surface area (Å²) in [4.78, 5) is 10.6. The predicted molar refractivity (Wildman–Crippen MR) is 64.1 cm³/mol. The van der Waals surface area contributed by atoms with Crippen LogP contribution in [0.5, 0.6) is 0 Å². The third-order valence-corrected chi connectivity index (χ3v) is 2.77. The molecule has 0 bridgehead atoms. The van der Waals surface area contributed by atoms with Gasteiger partial charge in [0.1, 0.15) is 5.69 Å². The molecular weight excluding hydrogens is 202 g/mol. The van der Waals surface area contributed by atoms with Gasteiger partial charge < -0.3 is 5.73 Å². The van der Waals surface area contributed by atoms with Crippen LogP contribution in [0.15, 0.2) is 12.3 Å². The average molecular weight is 223 g/mol. The summed E-state index contributed by atoms with van der Waals surface area (Å²) < 4.78 is 1.56. The molecule has 0 atom stereocenters. The van der Waals surface area contributed by atoms with Crippen LogP contribution in [0.1, 0.15) is 55.9 Å². The molecule has 0 radical (unpaired) electrons. The van der Waals surface area contributed by atoms with Gasteiger partial charge in [-0.15, -0.1) is 0 Å². The summed E-state index contributed by atoms with van der Waals surface area (Å²) >= 11 is 0. The lowest BCUT2D eigenvalue weighted by Crippen LogP contribution is -2.16. The van der Waals surface area contributed by atoms with Crippen LogP contribution >= 0.6 is 0 Å². The zero-order valence-corrected chi connectivity index (χ0v) is 9.98. The highest BCUT2D eigenvalue weighted by Gasteiger charge is 2.04. The number of nitrogens with zero attached hydrogens (tertiary/aromatic N) is 2. The van der Waals surface area contributed by atoms with E-state index in [1.54, 1.807) is 16.9 Å². The van der Waals surface area contributed by atoms with Crippen LogP contribution in [0.25, 0.3) is 0 Å². The van der Waals surface area contributed by atoms with E-state index in [1.807, 2.05) is 6.92 Å². The number of rotatable bonds is 2. The second-order valence-electron chi connectivity index (χ2n) is 4.02. The molecule has 0 saturated heterocycles. The minimum atomic E-state index is -0.431. The highest BCUT2D eigenvalue weighted by atomic mass is 16.1. The van der Waals surface area contributed by atoms with E-state index >= 15 is 0 Å². The van der Waals surface area contributed by atoms with Gasteiger partial charge in [0, 0.05) is 12.7 Å². The Hall–Kier alpha value is -1.32. The van der Waals surface area contributed by atoms with E-state index in [9.17, 15) is 4.79 Å². The summed E-state index contributed by atoms with van der Waals surface area (Å²) in [5.74, 6) is -0.431. The van der Waals surface area contributed by atoms with Crippen molar-refractivity contribution in [2.24, 2.45) is 5.73 Å². The van der Waals surface area contributed by atoms with Crippen molar-refractivity contribution >= 4 is 5.91 Å². The number of amides is 1. The van der Waals surface area contributed by atoms with Gasteiger partial charge in [-0.05, 0) is 13.0 Å². The monoisotopic (exact) mass is 223 g/mol. The van der Waals surface area contributed by atoms with E-state index in [0.29, 0.717) is 12.2 Å². The molecule has 16 heavy (non-hydrogen) atoms. The average Bonchev–Trinajstić information content (AvgIpc) is 2.80. The smallest absolute Gasteiger partial charge is 0.266 e. The maximum absolute atomic E-state index is 10.6. The summed E-state index contributed by atoms with van der Waals surface area (Å²) in [5.41, 5.74) is 5.50. The molecule has 1 amide bonds. The van der Waals surface area contributed by atoms with E-state index in [-0.39, 0.29) is 0 Å². The van der Waals surface area contributed by atoms with Crippen LogP contribution in [0.4, 0.5) is 0 Å². The van der Waals surface area contributed by atoms with Gasteiger partial charge in [0.15, 0.2) is 0 Å². The Labute approximate surface area is 96.8 Å². The Morgan fingerprint density at radius 2 is 1.81 bits per heavy atom. The molecule has 4 nitrogen and oxygen atoms in total. The van der Waals surface area contributed by atoms with Crippen LogP contribution in [-0.4, -0.2) is 15.7 Å². The number of hydrogen-bond acceptors (Lipinski definition) is 2. The highest BCUT2D eigenvalue weighted by molar-refractivity contribution is 5.90. The first kappa shape index (κ1) is 12.7. The number of aromatic nitrogens is 2. The Balaban J connectivity index is 0.000000181. The first-order valence-electron chi connectivity index (χ1n) is 6.07. The molecule has 1 aromatic rings. The van der Waals surface area contributed by atoms with Gasteiger partial charge in [0.05, 0.1) is 0 Å². The molecule has 2 N–H and O–H groups in total. The molecule has 1 heterocycles. The normalized spacial score (nSPS) is 15.1. The molecule has 0 spiro atoms. The molecule has 1 fully saturated rings. The van der Waals surface area contributed by atoms with E-state index in [4.69, 9.17) is 5.73 Å². The zero-order chi connectivity index (χ0) is 11.8. The minimum absolute atomic E-state index is 0.431. The lowest BCUT2D eigenvalue weighted by molar-refractivity contribution is 0.0990. The second kappa shape index (κ2) is 7.04. The van der Waals surface area contributed by atoms with Crippen molar-refractivity contribution in [1.82, 2.24) is 9.78 Å². The zero-order valence-electron chi connectivity index (χ0n) is 9.98. The molecule has 0 unspecified atom stereocenters. The Morgan fingerprint density at radius 3 is 2.12 bits per heavy atom. The van der Waals surface area contributed by atoms with E-state index in [2.05, 4.69) is 5.10 Å². The van der Waals surface area contributed by atoms with Gasteiger partial charge in [-0.2, -0.15) is 5.10 Å². The number of primary amides is 1. The number of carbonyl (C=O) groups excluding carboxylic acids is 1. The summed E-state index contributed by atoms with van der Waals surface area (Å²) in [7, 11) is 0. The van der Waals surface area contributed by atoms with Crippen LogP contribution in [0.3, 0.4) is 0 Å². The number of carbonyl (C=O) groups is 1. The molecule has 4 heteroatoms. The fourth-order valence-electron chi connectivity index (χ4n) is 1.85. The van der Waals surface area contributed by atoms with Gasteiger partial charge in [-0.25, -0.2) is 0 Å². The summed E-state index contributed by atoms with van der Waals surface area (Å²) in [6.45, 7) is 2.57. The number of nitrogens with two attached hydrogens (primary N) is 1. The fraction of sp³-hybridized carbons (Fsp3) is 0.667. The van der Waals surface area contributed by atoms with Gasteiger partial charge >= 0.3 is 0 Å². The van der Waals surface area contributed by atoms with Gasteiger partial charge in [-0.1, -0.05) is 38.5 Å². The number of aryl methyl sites for hydroxylation is 1. The van der Waals surface area contributed by atoms with Crippen LogP contribution in [-0.2, 0) is 6.54 Å². The lowest BCUT2D eigenvalue weighted by atomic mass is 10.0.